The van der Waals surface area contributed by atoms with Crippen molar-refractivity contribution < 1.29 is 27.4 Å². The number of nitrogens with one attached hydrogen (secondary N) is 2. The summed E-state index contributed by atoms with van der Waals surface area (Å²) in [6, 6.07) is 17.9. The highest BCUT2D eigenvalue weighted by Gasteiger charge is 2.15. The summed E-state index contributed by atoms with van der Waals surface area (Å²) in [5.41, 5.74) is 1.98. The molecule has 0 unspecified atom stereocenters. The fourth-order valence-corrected chi connectivity index (χ4v) is 3.85. The molecule has 168 valence electrons. The van der Waals surface area contributed by atoms with Gasteiger partial charge < -0.3 is 19.5 Å². The van der Waals surface area contributed by atoms with Crippen LogP contribution < -0.4 is 24.2 Å². The molecule has 0 aliphatic carbocycles. The van der Waals surface area contributed by atoms with Crippen molar-refractivity contribution in [3.8, 4) is 17.2 Å². The number of anilines is 2. The molecule has 9 heteroatoms. The van der Waals surface area contributed by atoms with Gasteiger partial charge in [-0.2, -0.15) is 0 Å². The quantitative estimate of drug-likeness (QED) is 0.507. The number of amides is 1. The number of carbonyl (C=O) groups is 1. The van der Waals surface area contributed by atoms with Gasteiger partial charge in [-0.3, -0.25) is 9.52 Å². The minimum Gasteiger partial charge on any atom is -0.497 e. The van der Waals surface area contributed by atoms with Crippen LogP contribution in [-0.4, -0.2) is 35.2 Å². The van der Waals surface area contributed by atoms with Crippen LogP contribution in [0.1, 0.15) is 5.56 Å². The van der Waals surface area contributed by atoms with Gasteiger partial charge in [0.15, 0.2) is 6.61 Å². The molecule has 0 saturated heterocycles. The predicted octanol–water partition coefficient (Wildman–Crippen LogP) is 3.83. The minimum absolute atomic E-state index is 0.0813. The molecule has 0 fully saturated rings. The molecule has 2 N–H and O–H groups in total. The largest absolute Gasteiger partial charge is 0.497 e. The van der Waals surface area contributed by atoms with Gasteiger partial charge >= 0.3 is 0 Å². The van der Waals surface area contributed by atoms with Crippen molar-refractivity contribution in [1.82, 2.24) is 0 Å². The van der Waals surface area contributed by atoms with Crippen molar-refractivity contribution in [3.05, 3.63) is 72.3 Å². The van der Waals surface area contributed by atoms with Gasteiger partial charge in [0.1, 0.15) is 17.2 Å². The lowest BCUT2D eigenvalue weighted by atomic mass is 10.2. The van der Waals surface area contributed by atoms with Gasteiger partial charge in [-0.1, -0.05) is 17.7 Å². The van der Waals surface area contributed by atoms with Crippen molar-refractivity contribution in [3.63, 3.8) is 0 Å². The van der Waals surface area contributed by atoms with Gasteiger partial charge in [0, 0.05) is 11.8 Å². The molecule has 0 spiro atoms. The lowest BCUT2D eigenvalue weighted by molar-refractivity contribution is -0.118. The second kappa shape index (κ2) is 10.1. The van der Waals surface area contributed by atoms with Crippen LogP contribution in [0.5, 0.6) is 17.2 Å². The number of carbonyl (C=O) groups excluding carboxylic acids is 1. The van der Waals surface area contributed by atoms with Gasteiger partial charge in [0.25, 0.3) is 15.9 Å². The van der Waals surface area contributed by atoms with Crippen LogP contribution >= 0.6 is 0 Å². The molecule has 1 amide bonds. The van der Waals surface area contributed by atoms with E-state index in [0.29, 0.717) is 28.6 Å². The van der Waals surface area contributed by atoms with Crippen LogP contribution in [-0.2, 0) is 14.8 Å². The fourth-order valence-electron chi connectivity index (χ4n) is 2.79. The molecule has 0 saturated carbocycles. The molecule has 3 aromatic carbocycles. The molecule has 0 atom stereocenters. The smallest absolute Gasteiger partial charge is 0.262 e. The van der Waals surface area contributed by atoms with Crippen molar-refractivity contribution in [1.29, 1.82) is 0 Å². The SMILES string of the molecule is COc1ccc(NC(=O)COc2ccc(S(=O)(=O)Nc3ccc(C)cc3)cc2)c(OC)c1. The van der Waals surface area contributed by atoms with Gasteiger partial charge in [-0.05, 0) is 55.5 Å². The summed E-state index contributed by atoms with van der Waals surface area (Å²) in [5, 5.41) is 2.70. The average Bonchev–Trinajstić information content (AvgIpc) is 2.79. The van der Waals surface area contributed by atoms with E-state index in [4.69, 9.17) is 14.2 Å². The number of benzene rings is 3. The number of hydrogen-bond donors (Lipinski definition) is 2. The van der Waals surface area contributed by atoms with Crippen molar-refractivity contribution in [2.45, 2.75) is 11.8 Å². The molecule has 0 aromatic heterocycles. The lowest BCUT2D eigenvalue weighted by Crippen LogP contribution is -2.20. The third-order valence-corrected chi connectivity index (χ3v) is 5.89. The Kier molecular flexibility index (Phi) is 7.21. The van der Waals surface area contributed by atoms with E-state index in [1.165, 1.54) is 38.5 Å². The van der Waals surface area contributed by atoms with Crippen LogP contribution in [0.15, 0.2) is 71.6 Å². The molecule has 0 aliphatic heterocycles. The number of methoxy groups -OCH3 is 2. The highest BCUT2D eigenvalue weighted by Crippen LogP contribution is 2.29. The Morgan fingerprint density at radius 3 is 2.16 bits per heavy atom. The fraction of sp³-hybridized carbons (Fsp3) is 0.174. The number of rotatable bonds is 9. The zero-order chi connectivity index (χ0) is 23.1. The number of hydrogen-bond acceptors (Lipinski definition) is 6. The third kappa shape index (κ3) is 5.92. The first-order valence-electron chi connectivity index (χ1n) is 9.65. The first kappa shape index (κ1) is 23.0. The Morgan fingerprint density at radius 1 is 0.875 bits per heavy atom. The molecular weight excluding hydrogens is 432 g/mol. The van der Waals surface area contributed by atoms with Gasteiger partial charge in [-0.25, -0.2) is 8.42 Å². The van der Waals surface area contributed by atoms with Crippen molar-refractivity contribution >= 4 is 27.3 Å². The Balaban J connectivity index is 1.58. The van der Waals surface area contributed by atoms with Gasteiger partial charge in [0.05, 0.1) is 24.8 Å². The third-order valence-electron chi connectivity index (χ3n) is 4.49. The molecule has 0 radical (unpaired) electrons. The van der Waals surface area contributed by atoms with Crippen LogP contribution in [0.2, 0.25) is 0 Å². The highest BCUT2D eigenvalue weighted by atomic mass is 32.2. The van der Waals surface area contributed by atoms with Crippen LogP contribution in [0.4, 0.5) is 11.4 Å². The molecular formula is C23H24N2O6S. The van der Waals surface area contributed by atoms with E-state index >= 15 is 0 Å². The summed E-state index contributed by atoms with van der Waals surface area (Å²) >= 11 is 0. The first-order chi connectivity index (χ1) is 15.3. The molecule has 0 heterocycles. The second-order valence-corrected chi connectivity index (χ2v) is 8.53. The van der Waals surface area contributed by atoms with E-state index in [1.54, 1.807) is 30.3 Å². The number of aryl methyl sites for hydroxylation is 1. The lowest BCUT2D eigenvalue weighted by Gasteiger charge is -2.12. The standard InChI is InChI=1S/C23H24N2O6S/c1-16-4-6-17(7-5-16)25-32(27,28)20-11-8-18(9-12-20)31-15-23(26)24-21-13-10-19(29-2)14-22(21)30-3/h4-14,25H,15H2,1-3H3,(H,24,26). The summed E-state index contributed by atoms with van der Waals surface area (Å²) in [6.07, 6.45) is 0. The average molecular weight is 457 g/mol. The second-order valence-electron chi connectivity index (χ2n) is 6.85. The zero-order valence-electron chi connectivity index (χ0n) is 17.9. The van der Waals surface area contributed by atoms with E-state index in [2.05, 4.69) is 10.0 Å². The topological polar surface area (TPSA) is 103 Å². The Bertz CT molecular complexity index is 1180. The Morgan fingerprint density at radius 2 is 1.53 bits per heavy atom. The van der Waals surface area contributed by atoms with E-state index in [0.717, 1.165) is 5.56 Å². The first-order valence-corrected chi connectivity index (χ1v) is 11.1. The summed E-state index contributed by atoms with van der Waals surface area (Å²) in [7, 11) is -0.709. The van der Waals surface area contributed by atoms with E-state index in [1.807, 2.05) is 19.1 Å². The van der Waals surface area contributed by atoms with Gasteiger partial charge in [-0.15, -0.1) is 0 Å². The Labute approximate surface area is 187 Å². The van der Waals surface area contributed by atoms with E-state index < -0.39 is 15.9 Å². The summed E-state index contributed by atoms with van der Waals surface area (Å²) in [6.45, 7) is 1.66. The normalized spacial score (nSPS) is 10.8. The minimum atomic E-state index is -3.74. The summed E-state index contributed by atoms with van der Waals surface area (Å²) in [5.74, 6) is 1.01. The van der Waals surface area contributed by atoms with Gasteiger partial charge in [0.2, 0.25) is 0 Å². The maximum atomic E-state index is 12.5. The van der Waals surface area contributed by atoms with Crippen LogP contribution in [0.25, 0.3) is 0 Å². The zero-order valence-corrected chi connectivity index (χ0v) is 18.7. The maximum Gasteiger partial charge on any atom is 0.262 e. The van der Waals surface area contributed by atoms with E-state index in [9.17, 15) is 13.2 Å². The number of sulfonamides is 1. The Hall–Kier alpha value is -3.72. The van der Waals surface area contributed by atoms with Crippen LogP contribution in [0.3, 0.4) is 0 Å². The monoisotopic (exact) mass is 456 g/mol. The maximum absolute atomic E-state index is 12.5. The highest BCUT2D eigenvalue weighted by molar-refractivity contribution is 7.92. The summed E-state index contributed by atoms with van der Waals surface area (Å²) in [4.78, 5) is 12.3. The molecule has 8 nitrogen and oxygen atoms in total. The van der Waals surface area contributed by atoms with Crippen LogP contribution in [0, 0.1) is 6.92 Å². The van der Waals surface area contributed by atoms with Crippen molar-refractivity contribution in [2.75, 3.05) is 30.9 Å². The molecule has 3 rings (SSSR count). The van der Waals surface area contributed by atoms with Crippen molar-refractivity contribution in [2.24, 2.45) is 0 Å². The molecule has 32 heavy (non-hydrogen) atoms. The molecule has 3 aromatic rings. The number of ether oxygens (including phenoxy) is 3. The predicted molar refractivity (Wildman–Crippen MR) is 122 cm³/mol. The molecule has 0 bridgehead atoms. The summed E-state index contributed by atoms with van der Waals surface area (Å²) < 4.78 is 43.4. The molecule has 0 aliphatic rings. The van der Waals surface area contributed by atoms with E-state index in [-0.39, 0.29) is 11.5 Å².